The largest absolute Gasteiger partial charge is 0.373 e. The van der Waals surface area contributed by atoms with E-state index in [0.717, 1.165) is 42.6 Å². The lowest BCUT2D eigenvalue weighted by Gasteiger charge is -2.52. The van der Waals surface area contributed by atoms with E-state index in [4.69, 9.17) is 14.0 Å². The Bertz CT molecular complexity index is 870. The zero-order valence-corrected chi connectivity index (χ0v) is 16.1. The molecule has 148 valence electrons. The number of rotatable bonds is 5. The lowest BCUT2D eigenvalue weighted by Crippen LogP contribution is -2.67. The average molecular weight is 383 g/mol. The van der Waals surface area contributed by atoms with Crippen molar-refractivity contribution in [1.82, 2.24) is 15.0 Å². The summed E-state index contributed by atoms with van der Waals surface area (Å²) in [6.45, 7) is 4.42. The first-order valence-corrected chi connectivity index (χ1v) is 10.0. The summed E-state index contributed by atoms with van der Waals surface area (Å²) in [5, 5.41) is 3.96. The second kappa shape index (κ2) is 6.97. The molecule has 2 saturated heterocycles. The summed E-state index contributed by atoms with van der Waals surface area (Å²) >= 11 is 0. The van der Waals surface area contributed by atoms with Crippen molar-refractivity contribution in [2.45, 2.75) is 56.8 Å². The first-order chi connectivity index (χ1) is 13.6. The third-order valence-corrected chi connectivity index (χ3v) is 5.84. The van der Waals surface area contributed by atoms with Crippen molar-refractivity contribution in [3.63, 3.8) is 0 Å². The van der Waals surface area contributed by atoms with Crippen molar-refractivity contribution in [1.29, 1.82) is 0 Å². The van der Waals surface area contributed by atoms with E-state index in [2.05, 4.69) is 16.2 Å². The van der Waals surface area contributed by atoms with Crippen LogP contribution in [-0.4, -0.2) is 52.3 Å². The number of hydrogen-bond acceptors (Lipinski definition) is 6. The van der Waals surface area contributed by atoms with E-state index in [-0.39, 0.29) is 17.6 Å². The van der Waals surface area contributed by atoms with Gasteiger partial charge in [0.2, 0.25) is 0 Å². The van der Waals surface area contributed by atoms with Gasteiger partial charge in [-0.2, -0.15) is 0 Å². The SMILES string of the molecule is Cc1cncc(CO[C@H]2CCOC3(C2)CN(C(=O)c2cc(C4CC4)on2)C3)c1. The highest BCUT2D eigenvalue weighted by molar-refractivity contribution is 5.93. The maximum atomic E-state index is 12.6. The third-order valence-electron chi connectivity index (χ3n) is 5.84. The van der Waals surface area contributed by atoms with Crippen LogP contribution in [0.15, 0.2) is 29.0 Å². The van der Waals surface area contributed by atoms with E-state index in [1.807, 2.05) is 19.3 Å². The molecule has 4 heterocycles. The Morgan fingerprint density at radius 2 is 2.14 bits per heavy atom. The number of carbonyl (C=O) groups is 1. The predicted octanol–water partition coefficient (Wildman–Crippen LogP) is 2.85. The lowest BCUT2D eigenvalue weighted by atomic mass is 9.84. The molecule has 0 radical (unpaired) electrons. The molecule has 1 aliphatic carbocycles. The van der Waals surface area contributed by atoms with Crippen LogP contribution in [0.25, 0.3) is 0 Å². The quantitative estimate of drug-likeness (QED) is 0.790. The second-order valence-corrected chi connectivity index (χ2v) is 8.38. The van der Waals surface area contributed by atoms with Crippen LogP contribution in [-0.2, 0) is 16.1 Å². The zero-order valence-electron chi connectivity index (χ0n) is 16.1. The first kappa shape index (κ1) is 17.8. The minimum Gasteiger partial charge on any atom is -0.373 e. The van der Waals surface area contributed by atoms with Gasteiger partial charge in [-0.25, -0.2) is 0 Å². The van der Waals surface area contributed by atoms with Crippen molar-refractivity contribution in [2.75, 3.05) is 19.7 Å². The van der Waals surface area contributed by atoms with Gasteiger partial charge in [-0.3, -0.25) is 9.78 Å². The lowest BCUT2D eigenvalue weighted by molar-refractivity contribution is -0.188. The van der Waals surface area contributed by atoms with Crippen LogP contribution in [0.3, 0.4) is 0 Å². The number of likely N-dealkylation sites (tertiary alicyclic amines) is 1. The summed E-state index contributed by atoms with van der Waals surface area (Å²) in [5.41, 5.74) is 2.35. The van der Waals surface area contributed by atoms with Crippen LogP contribution >= 0.6 is 0 Å². The van der Waals surface area contributed by atoms with Crippen LogP contribution < -0.4 is 0 Å². The number of ether oxygens (including phenoxy) is 2. The van der Waals surface area contributed by atoms with Crippen molar-refractivity contribution in [2.24, 2.45) is 0 Å². The van der Waals surface area contributed by atoms with Gasteiger partial charge in [-0.15, -0.1) is 0 Å². The van der Waals surface area contributed by atoms with Crippen LogP contribution in [0.1, 0.15) is 59.0 Å². The summed E-state index contributed by atoms with van der Waals surface area (Å²) in [5.74, 6) is 1.23. The molecular formula is C21H25N3O4. The smallest absolute Gasteiger partial charge is 0.276 e. The number of nitrogens with zero attached hydrogens (tertiary/aromatic N) is 3. The molecule has 5 rings (SSSR count). The van der Waals surface area contributed by atoms with Gasteiger partial charge in [0, 0.05) is 37.4 Å². The molecule has 1 amide bonds. The molecule has 3 aliphatic rings. The number of amides is 1. The van der Waals surface area contributed by atoms with E-state index in [0.29, 0.717) is 37.9 Å². The van der Waals surface area contributed by atoms with Crippen molar-refractivity contribution < 1.29 is 18.8 Å². The summed E-state index contributed by atoms with van der Waals surface area (Å²) in [6, 6.07) is 3.90. The van der Waals surface area contributed by atoms with Crippen molar-refractivity contribution in [3.05, 3.63) is 47.1 Å². The van der Waals surface area contributed by atoms with Gasteiger partial charge in [0.1, 0.15) is 11.4 Å². The van der Waals surface area contributed by atoms with Crippen molar-refractivity contribution in [3.8, 4) is 0 Å². The Balaban J connectivity index is 1.15. The molecule has 28 heavy (non-hydrogen) atoms. The number of aryl methyl sites for hydroxylation is 1. The average Bonchev–Trinajstić information content (AvgIpc) is 3.41. The molecule has 2 aromatic rings. The Labute approximate surface area is 164 Å². The van der Waals surface area contributed by atoms with Gasteiger partial charge in [0.25, 0.3) is 5.91 Å². The van der Waals surface area contributed by atoms with Gasteiger partial charge < -0.3 is 18.9 Å². The highest BCUT2D eigenvalue weighted by Gasteiger charge is 2.50. The second-order valence-electron chi connectivity index (χ2n) is 8.38. The Kier molecular flexibility index (Phi) is 4.44. The molecule has 0 bridgehead atoms. The highest BCUT2D eigenvalue weighted by atomic mass is 16.5. The standard InChI is InChI=1S/C21H25N3O4/c1-14-6-15(10-22-9-14)11-26-17-4-5-27-21(8-17)12-24(13-21)20(25)18-7-19(28-23-18)16-2-3-16/h6-7,9-10,16-17H,2-5,8,11-13H2,1H3/t17-/m0/s1. The minimum atomic E-state index is -0.285. The third kappa shape index (κ3) is 3.56. The Morgan fingerprint density at radius 1 is 1.29 bits per heavy atom. The fourth-order valence-electron chi connectivity index (χ4n) is 4.16. The molecular weight excluding hydrogens is 358 g/mol. The van der Waals surface area contributed by atoms with Crippen LogP contribution in [0, 0.1) is 6.92 Å². The number of hydrogen-bond donors (Lipinski definition) is 0. The molecule has 2 aromatic heterocycles. The topological polar surface area (TPSA) is 77.7 Å². The van der Waals surface area contributed by atoms with Gasteiger partial charge in [-0.1, -0.05) is 11.2 Å². The van der Waals surface area contributed by atoms with Crippen LogP contribution in [0.5, 0.6) is 0 Å². The van der Waals surface area contributed by atoms with Gasteiger partial charge in [-0.05, 0) is 37.3 Å². The fraction of sp³-hybridized carbons (Fsp3) is 0.571. The monoisotopic (exact) mass is 383 g/mol. The maximum Gasteiger partial charge on any atom is 0.276 e. The summed E-state index contributed by atoms with van der Waals surface area (Å²) in [4.78, 5) is 18.7. The molecule has 0 N–H and O–H groups in total. The molecule has 1 atom stereocenters. The van der Waals surface area contributed by atoms with Gasteiger partial charge in [0.05, 0.1) is 25.8 Å². The number of pyridine rings is 1. The molecule has 0 unspecified atom stereocenters. The van der Waals surface area contributed by atoms with Crippen molar-refractivity contribution >= 4 is 5.91 Å². The molecule has 7 heteroatoms. The zero-order chi connectivity index (χ0) is 19.1. The molecule has 3 fully saturated rings. The number of aromatic nitrogens is 2. The van der Waals surface area contributed by atoms with E-state index in [1.54, 1.807) is 11.0 Å². The predicted molar refractivity (Wildman–Crippen MR) is 99.8 cm³/mol. The Morgan fingerprint density at radius 3 is 2.93 bits per heavy atom. The summed E-state index contributed by atoms with van der Waals surface area (Å²) in [6.07, 6.45) is 7.77. The van der Waals surface area contributed by atoms with E-state index in [9.17, 15) is 4.79 Å². The first-order valence-electron chi connectivity index (χ1n) is 10.0. The van der Waals surface area contributed by atoms with Gasteiger partial charge in [0.15, 0.2) is 5.69 Å². The maximum absolute atomic E-state index is 12.6. The van der Waals surface area contributed by atoms with Crippen LogP contribution in [0.4, 0.5) is 0 Å². The number of carbonyl (C=O) groups excluding carboxylic acids is 1. The van der Waals surface area contributed by atoms with Crippen LogP contribution in [0.2, 0.25) is 0 Å². The van der Waals surface area contributed by atoms with E-state index in [1.165, 1.54) is 0 Å². The normalized spacial score (nSPS) is 23.6. The fourth-order valence-corrected chi connectivity index (χ4v) is 4.16. The van der Waals surface area contributed by atoms with E-state index >= 15 is 0 Å². The molecule has 7 nitrogen and oxygen atoms in total. The highest BCUT2D eigenvalue weighted by Crippen LogP contribution is 2.41. The molecule has 1 spiro atoms. The summed E-state index contributed by atoms with van der Waals surface area (Å²) < 4.78 is 17.5. The Hall–Kier alpha value is -2.25. The molecule has 2 aliphatic heterocycles. The molecule has 0 aromatic carbocycles. The van der Waals surface area contributed by atoms with E-state index < -0.39 is 0 Å². The molecule has 1 saturated carbocycles. The summed E-state index contributed by atoms with van der Waals surface area (Å²) in [7, 11) is 0. The minimum absolute atomic E-state index is 0.0706. The van der Waals surface area contributed by atoms with Gasteiger partial charge >= 0.3 is 0 Å².